The highest BCUT2D eigenvalue weighted by molar-refractivity contribution is 6.09. The Labute approximate surface area is 105 Å². The van der Waals surface area contributed by atoms with Crippen LogP contribution in [0, 0.1) is 6.92 Å². The van der Waals surface area contributed by atoms with E-state index in [0.29, 0.717) is 17.2 Å². The van der Waals surface area contributed by atoms with Crippen molar-refractivity contribution in [2.24, 2.45) is 0 Å². The Hall–Kier alpha value is -2.03. The van der Waals surface area contributed by atoms with E-state index in [-0.39, 0.29) is 5.78 Å². The minimum Gasteiger partial charge on any atom is -0.490 e. The van der Waals surface area contributed by atoms with E-state index in [4.69, 9.17) is 9.15 Å². The number of aryl methyl sites for hydroxylation is 1. The van der Waals surface area contributed by atoms with E-state index in [1.165, 1.54) is 6.26 Å². The van der Waals surface area contributed by atoms with Crippen molar-refractivity contribution in [2.75, 3.05) is 0 Å². The van der Waals surface area contributed by atoms with E-state index in [0.717, 1.165) is 24.4 Å². The van der Waals surface area contributed by atoms with E-state index in [1.807, 2.05) is 19.1 Å². The zero-order valence-electron chi connectivity index (χ0n) is 10.2. The average molecular weight is 242 g/mol. The predicted octanol–water partition coefficient (Wildman–Crippen LogP) is 3.36. The smallest absolute Gasteiger partial charge is 0.196 e. The van der Waals surface area contributed by atoms with Gasteiger partial charge >= 0.3 is 0 Å². The highest BCUT2D eigenvalue weighted by Gasteiger charge is 2.23. The number of ether oxygens (including phenoxy) is 1. The van der Waals surface area contributed by atoms with Gasteiger partial charge in [-0.1, -0.05) is 12.1 Å². The molecule has 18 heavy (non-hydrogen) atoms. The van der Waals surface area contributed by atoms with Gasteiger partial charge in [0.05, 0.1) is 11.7 Å². The summed E-state index contributed by atoms with van der Waals surface area (Å²) in [6, 6.07) is 9.07. The Morgan fingerprint density at radius 1 is 1.28 bits per heavy atom. The maximum atomic E-state index is 12.2. The van der Waals surface area contributed by atoms with Gasteiger partial charge in [-0.15, -0.1) is 0 Å². The summed E-state index contributed by atoms with van der Waals surface area (Å²) < 4.78 is 10.8. The molecule has 0 N–H and O–H groups in total. The molecule has 92 valence electrons. The molecule has 1 aliphatic carbocycles. The SMILES string of the molecule is Cc1cc(C(=O)c2cccc(OC3CC3)c2)co1. The topological polar surface area (TPSA) is 39.4 Å². The van der Waals surface area contributed by atoms with Gasteiger partial charge in [-0.3, -0.25) is 4.79 Å². The van der Waals surface area contributed by atoms with E-state index < -0.39 is 0 Å². The molecule has 0 atom stereocenters. The third-order valence-electron chi connectivity index (χ3n) is 2.92. The van der Waals surface area contributed by atoms with E-state index in [9.17, 15) is 4.79 Å². The first-order chi connectivity index (χ1) is 8.72. The number of furan rings is 1. The number of rotatable bonds is 4. The number of hydrogen-bond donors (Lipinski definition) is 0. The minimum atomic E-state index is -0.0342. The van der Waals surface area contributed by atoms with Crippen molar-refractivity contribution < 1.29 is 13.9 Å². The summed E-state index contributed by atoms with van der Waals surface area (Å²) in [5.74, 6) is 1.47. The lowest BCUT2D eigenvalue weighted by molar-refractivity contribution is 0.103. The molecular weight excluding hydrogens is 228 g/mol. The largest absolute Gasteiger partial charge is 0.490 e. The summed E-state index contributed by atoms with van der Waals surface area (Å²) >= 11 is 0. The maximum absolute atomic E-state index is 12.2. The second-order valence-electron chi connectivity index (χ2n) is 4.62. The fraction of sp³-hybridized carbons (Fsp3) is 0.267. The molecule has 3 heteroatoms. The number of ketones is 1. The Bertz CT molecular complexity index is 579. The average Bonchev–Trinajstić information content (AvgIpc) is 3.08. The van der Waals surface area contributed by atoms with Gasteiger partial charge in [0.15, 0.2) is 5.78 Å². The second-order valence-corrected chi connectivity index (χ2v) is 4.62. The van der Waals surface area contributed by atoms with E-state index in [2.05, 4.69) is 0 Å². The van der Waals surface area contributed by atoms with Gasteiger partial charge in [-0.2, -0.15) is 0 Å². The van der Waals surface area contributed by atoms with Crippen LogP contribution in [0.4, 0.5) is 0 Å². The first-order valence-corrected chi connectivity index (χ1v) is 6.09. The van der Waals surface area contributed by atoms with Crippen LogP contribution in [-0.2, 0) is 0 Å². The summed E-state index contributed by atoms with van der Waals surface area (Å²) in [4.78, 5) is 12.2. The fourth-order valence-corrected chi connectivity index (χ4v) is 1.82. The van der Waals surface area contributed by atoms with Gasteiger partial charge in [-0.25, -0.2) is 0 Å². The molecule has 3 rings (SSSR count). The fourth-order valence-electron chi connectivity index (χ4n) is 1.82. The van der Waals surface area contributed by atoms with Crippen molar-refractivity contribution in [3.8, 4) is 5.75 Å². The van der Waals surface area contributed by atoms with Crippen LogP contribution in [0.1, 0.15) is 34.5 Å². The van der Waals surface area contributed by atoms with Crippen LogP contribution < -0.4 is 4.74 Å². The number of carbonyl (C=O) groups is 1. The Morgan fingerprint density at radius 3 is 2.78 bits per heavy atom. The molecule has 0 radical (unpaired) electrons. The molecule has 0 bridgehead atoms. The Kier molecular flexibility index (Phi) is 2.67. The van der Waals surface area contributed by atoms with E-state index in [1.54, 1.807) is 18.2 Å². The lowest BCUT2D eigenvalue weighted by atomic mass is 10.1. The van der Waals surface area contributed by atoms with Crippen LogP contribution in [0.25, 0.3) is 0 Å². The van der Waals surface area contributed by atoms with Crippen molar-refractivity contribution >= 4 is 5.78 Å². The molecule has 0 saturated heterocycles. The quantitative estimate of drug-likeness (QED) is 0.772. The molecule has 1 aliphatic rings. The van der Waals surface area contributed by atoms with Crippen LogP contribution in [0.3, 0.4) is 0 Å². The van der Waals surface area contributed by atoms with Gasteiger partial charge in [-0.05, 0) is 38.0 Å². The minimum absolute atomic E-state index is 0.0342. The summed E-state index contributed by atoms with van der Waals surface area (Å²) in [7, 11) is 0. The molecule has 0 spiro atoms. The summed E-state index contributed by atoms with van der Waals surface area (Å²) in [5.41, 5.74) is 1.21. The maximum Gasteiger partial charge on any atom is 0.196 e. The molecule has 0 unspecified atom stereocenters. The molecule has 1 aromatic heterocycles. The zero-order valence-corrected chi connectivity index (χ0v) is 10.2. The predicted molar refractivity (Wildman–Crippen MR) is 67.0 cm³/mol. The highest BCUT2D eigenvalue weighted by Crippen LogP contribution is 2.27. The highest BCUT2D eigenvalue weighted by atomic mass is 16.5. The van der Waals surface area contributed by atoms with Crippen molar-refractivity contribution in [1.29, 1.82) is 0 Å². The number of hydrogen-bond acceptors (Lipinski definition) is 3. The molecule has 3 nitrogen and oxygen atoms in total. The molecule has 1 aromatic carbocycles. The third-order valence-corrected chi connectivity index (χ3v) is 2.92. The van der Waals surface area contributed by atoms with Crippen molar-refractivity contribution in [3.63, 3.8) is 0 Å². The molecular formula is C15H14O3. The van der Waals surface area contributed by atoms with Gasteiger partial charge in [0.25, 0.3) is 0 Å². The van der Waals surface area contributed by atoms with E-state index >= 15 is 0 Å². The first kappa shape index (κ1) is 11.1. The monoisotopic (exact) mass is 242 g/mol. The summed E-state index contributed by atoms with van der Waals surface area (Å²) in [5, 5.41) is 0. The summed E-state index contributed by atoms with van der Waals surface area (Å²) in [6.07, 6.45) is 4.05. The molecule has 1 saturated carbocycles. The van der Waals surface area contributed by atoms with Gasteiger partial charge < -0.3 is 9.15 Å². The van der Waals surface area contributed by atoms with Gasteiger partial charge in [0.1, 0.15) is 17.8 Å². The lowest BCUT2D eigenvalue weighted by Crippen LogP contribution is -2.01. The second kappa shape index (κ2) is 4.33. The van der Waals surface area contributed by atoms with Gasteiger partial charge in [0.2, 0.25) is 0 Å². The standard InChI is InChI=1S/C15H14O3/c1-10-7-12(9-17-10)15(16)11-3-2-4-14(8-11)18-13-5-6-13/h2-4,7-9,13H,5-6H2,1H3. The number of carbonyl (C=O) groups excluding carboxylic acids is 1. The Balaban J connectivity index is 1.84. The zero-order chi connectivity index (χ0) is 12.5. The molecule has 0 aliphatic heterocycles. The summed E-state index contributed by atoms with van der Waals surface area (Å²) in [6.45, 7) is 1.82. The first-order valence-electron chi connectivity index (χ1n) is 6.09. The van der Waals surface area contributed by atoms with Crippen molar-refractivity contribution in [3.05, 3.63) is 53.5 Å². The number of benzene rings is 1. The van der Waals surface area contributed by atoms with Crippen LogP contribution in [0.5, 0.6) is 5.75 Å². The van der Waals surface area contributed by atoms with Crippen LogP contribution in [-0.4, -0.2) is 11.9 Å². The van der Waals surface area contributed by atoms with Crippen molar-refractivity contribution in [1.82, 2.24) is 0 Å². The molecule has 1 fully saturated rings. The van der Waals surface area contributed by atoms with Crippen molar-refractivity contribution in [2.45, 2.75) is 25.9 Å². The van der Waals surface area contributed by atoms with Gasteiger partial charge in [0, 0.05) is 5.56 Å². The molecule has 0 amide bonds. The molecule has 1 heterocycles. The van der Waals surface area contributed by atoms with Crippen LogP contribution in [0.2, 0.25) is 0 Å². The lowest BCUT2D eigenvalue weighted by Gasteiger charge is -2.05. The van der Waals surface area contributed by atoms with Crippen LogP contribution in [0.15, 0.2) is 41.0 Å². The third kappa shape index (κ3) is 2.30. The van der Waals surface area contributed by atoms with Crippen LogP contribution >= 0.6 is 0 Å². The normalized spacial score (nSPS) is 14.5. The molecule has 2 aromatic rings. The Morgan fingerprint density at radius 2 is 2.11 bits per heavy atom.